The van der Waals surface area contributed by atoms with E-state index in [9.17, 15) is 4.79 Å². The van der Waals surface area contributed by atoms with Crippen LogP contribution in [0.5, 0.6) is 0 Å². The average Bonchev–Trinajstić information content (AvgIpc) is 2.68. The number of benzene rings is 1. The summed E-state index contributed by atoms with van der Waals surface area (Å²) in [7, 11) is 0. The molecule has 0 unspecified atom stereocenters. The van der Waals surface area contributed by atoms with Crippen LogP contribution in [0.25, 0.3) is 10.9 Å². The fraction of sp³-hybridized carbons (Fsp3) is 0.333. The number of fused-ring (bicyclic) bond motifs is 1. The van der Waals surface area contributed by atoms with Gasteiger partial charge in [0.1, 0.15) is 5.69 Å². The van der Waals surface area contributed by atoms with Crippen molar-refractivity contribution in [2.45, 2.75) is 13.8 Å². The highest BCUT2D eigenvalue weighted by Gasteiger charge is 2.14. The number of nitrogens with zero attached hydrogens (tertiary/aromatic N) is 3. The van der Waals surface area contributed by atoms with Crippen LogP contribution in [-0.2, 0) is 0 Å². The minimum Gasteiger partial charge on any atom is -0.297 e. The van der Waals surface area contributed by atoms with Crippen molar-refractivity contribution in [1.82, 2.24) is 9.89 Å². The molecule has 0 aliphatic rings. The van der Waals surface area contributed by atoms with E-state index in [0.717, 1.165) is 30.3 Å². The third-order valence-corrected chi connectivity index (χ3v) is 3.00. The van der Waals surface area contributed by atoms with Gasteiger partial charge in [-0.05, 0) is 32.0 Å². The van der Waals surface area contributed by atoms with Crippen LogP contribution >= 0.6 is 11.6 Å². The van der Waals surface area contributed by atoms with E-state index in [4.69, 9.17) is 11.6 Å². The lowest BCUT2D eigenvalue weighted by Gasteiger charge is -2.21. The fourth-order valence-corrected chi connectivity index (χ4v) is 2.05. The molecule has 0 fully saturated rings. The Morgan fingerprint density at radius 2 is 2.12 bits per heavy atom. The average molecular weight is 252 g/mol. The van der Waals surface area contributed by atoms with Crippen LogP contribution in [0.15, 0.2) is 18.2 Å². The summed E-state index contributed by atoms with van der Waals surface area (Å²) in [5, 5.41) is 7.81. The molecule has 4 nitrogen and oxygen atoms in total. The molecule has 17 heavy (non-hydrogen) atoms. The first-order valence-corrected chi connectivity index (χ1v) is 5.97. The molecule has 0 aliphatic heterocycles. The molecule has 0 radical (unpaired) electrons. The van der Waals surface area contributed by atoms with Gasteiger partial charge in [-0.1, -0.05) is 11.6 Å². The van der Waals surface area contributed by atoms with Crippen LogP contribution < -0.4 is 5.01 Å². The summed E-state index contributed by atoms with van der Waals surface area (Å²) in [6.45, 7) is 5.63. The number of aromatic nitrogens is 2. The lowest BCUT2D eigenvalue weighted by molar-refractivity contribution is 0.111. The molecule has 0 saturated heterocycles. The second kappa shape index (κ2) is 4.75. The summed E-state index contributed by atoms with van der Waals surface area (Å²) in [5.74, 6) is 0. The predicted octanol–water partition coefficient (Wildman–Crippen LogP) is 2.48. The molecule has 0 atom stereocenters. The van der Waals surface area contributed by atoms with Crippen molar-refractivity contribution < 1.29 is 4.79 Å². The predicted molar refractivity (Wildman–Crippen MR) is 69.4 cm³/mol. The fourth-order valence-electron chi connectivity index (χ4n) is 1.88. The molecule has 1 aromatic heterocycles. The van der Waals surface area contributed by atoms with E-state index in [1.165, 1.54) is 0 Å². The molecule has 1 aromatic carbocycles. The normalized spacial score (nSPS) is 10.8. The van der Waals surface area contributed by atoms with Crippen molar-refractivity contribution >= 4 is 28.8 Å². The highest BCUT2D eigenvalue weighted by Crippen LogP contribution is 2.21. The van der Waals surface area contributed by atoms with Crippen molar-refractivity contribution in [2.75, 3.05) is 18.1 Å². The first-order chi connectivity index (χ1) is 8.21. The Hall–Kier alpha value is -1.55. The highest BCUT2D eigenvalue weighted by atomic mass is 35.5. The smallest absolute Gasteiger partial charge is 0.170 e. The molecule has 0 spiro atoms. The van der Waals surface area contributed by atoms with Gasteiger partial charge in [-0.25, -0.2) is 0 Å². The number of hydrogen-bond acceptors (Lipinski definition) is 3. The monoisotopic (exact) mass is 251 g/mol. The Kier molecular flexibility index (Phi) is 3.33. The van der Waals surface area contributed by atoms with Crippen molar-refractivity contribution in [2.24, 2.45) is 0 Å². The number of carbonyl (C=O) groups is 1. The Morgan fingerprint density at radius 1 is 1.41 bits per heavy atom. The van der Waals surface area contributed by atoms with Gasteiger partial charge < -0.3 is 0 Å². The van der Waals surface area contributed by atoms with Gasteiger partial charge in [-0.2, -0.15) is 9.89 Å². The first-order valence-electron chi connectivity index (χ1n) is 5.60. The van der Waals surface area contributed by atoms with E-state index >= 15 is 0 Å². The molecule has 0 amide bonds. The molecule has 0 N–H and O–H groups in total. The SMILES string of the molecule is CCN(CC)n1nc2ccc(Cl)cc2c1C=O. The van der Waals surface area contributed by atoms with Gasteiger partial charge in [0.15, 0.2) is 6.29 Å². The van der Waals surface area contributed by atoms with E-state index < -0.39 is 0 Å². The van der Waals surface area contributed by atoms with Crippen LogP contribution in [0.3, 0.4) is 0 Å². The molecular formula is C12H14ClN3O. The Labute approximate surface area is 105 Å². The Bertz CT molecular complexity index is 546. The third kappa shape index (κ3) is 2.00. The van der Waals surface area contributed by atoms with Crippen LogP contribution in [0.1, 0.15) is 24.3 Å². The molecule has 2 rings (SSSR count). The molecular weight excluding hydrogens is 238 g/mol. The summed E-state index contributed by atoms with van der Waals surface area (Å²) < 4.78 is 0. The zero-order valence-electron chi connectivity index (χ0n) is 9.85. The van der Waals surface area contributed by atoms with Crippen LogP contribution in [-0.4, -0.2) is 29.3 Å². The molecule has 0 aliphatic carbocycles. The lowest BCUT2D eigenvalue weighted by Crippen LogP contribution is -2.36. The van der Waals surface area contributed by atoms with Crippen molar-refractivity contribution in [3.8, 4) is 0 Å². The molecule has 5 heteroatoms. The number of carbonyl (C=O) groups excluding carboxylic acids is 1. The van der Waals surface area contributed by atoms with E-state index in [0.29, 0.717) is 10.7 Å². The maximum absolute atomic E-state index is 11.2. The first kappa shape index (κ1) is 11.9. The Balaban J connectivity index is 2.67. The van der Waals surface area contributed by atoms with Crippen molar-refractivity contribution in [3.05, 3.63) is 28.9 Å². The zero-order chi connectivity index (χ0) is 12.4. The van der Waals surface area contributed by atoms with Gasteiger partial charge >= 0.3 is 0 Å². The largest absolute Gasteiger partial charge is 0.297 e. The number of hydrogen-bond donors (Lipinski definition) is 0. The second-order valence-corrected chi connectivity index (χ2v) is 4.13. The van der Waals surface area contributed by atoms with Crippen LogP contribution in [0.4, 0.5) is 0 Å². The zero-order valence-corrected chi connectivity index (χ0v) is 10.6. The van der Waals surface area contributed by atoms with E-state index in [1.807, 2.05) is 24.9 Å². The maximum Gasteiger partial charge on any atom is 0.170 e. The molecule has 0 bridgehead atoms. The quantitative estimate of drug-likeness (QED) is 0.784. The van der Waals surface area contributed by atoms with Crippen LogP contribution in [0.2, 0.25) is 5.02 Å². The van der Waals surface area contributed by atoms with Gasteiger partial charge in [0, 0.05) is 23.5 Å². The Morgan fingerprint density at radius 3 is 2.71 bits per heavy atom. The maximum atomic E-state index is 11.2. The van der Waals surface area contributed by atoms with E-state index in [2.05, 4.69) is 5.10 Å². The number of halogens is 1. The van der Waals surface area contributed by atoms with E-state index in [-0.39, 0.29) is 0 Å². The van der Waals surface area contributed by atoms with E-state index in [1.54, 1.807) is 16.9 Å². The lowest BCUT2D eigenvalue weighted by atomic mass is 10.2. The molecule has 0 saturated carbocycles. The minimum absolute atomic E-state index is 0.547. The van der Waals surface area contributed by atoms with Gasteiger partial charge in [0.05, 0.1) is 5.52 Å². The summed E-state index contributed by atoms with van der Waals surface area (Å²) >= 11 is 5.94. The van der Waals surface area contributed by atoms with Gasteiger partial charge in [-0.3, -0.25) is 9.80 Å². The van der Waals surface area contributed by atoms with Gasteiger partial charge in [0.25, 0.3) is 0 Å². The van der Waals surface area contributed by atoms with Crippen molar-refractivity contribution in [1.29, 1.82) is 0 Å². The standard InChI is InChI=1S/C12H14ClN3O/c1-3-15(4-2)16-12(8-17)10-7-9(13)5-6-11(10)14-16/h5-8H,3-4H2,1-2H3. The molecule has 2 aromatic rings. The summed E-state index contributed by atoms with van der Waals surface area (Å²) in [5.41, 5.74) is 1.33. The molecule has 1 heterocycles. The molecule has 90 valence electrons. The van der Waals surface area contributed by atoms with Gasteiger partial charge in [0.2, 0.25) is 0 Å². The minimum atomic E-state index is 0.547. The van der Waals surface area contributed by atoms with Crippen molar-refractivity contribution in [3.63, 3.8) is 0 Å². The number of rotatable bonds is 4. The highest BCUT2D eigenvalue weighted by molar-refractivity contribution is 6.31. The second-order valence-electron chi connectivity index (χ2n) is 3.69. The summed E-state index contributed by atoms with van der Waals surface area (Å²) in [6, 6.07) is 5.37. The summed E-state index contributed by atoms with van der Waals surface area (Å²) in [6.07, 6.45) is 0.823. The van der Waals surface area contributed by atoms with Gasteiger partial charge in [-0.15, -0.1) is 0 Å². The topological polar surface area (TPSA) is 38.1 Å². The van der Waals surface area contributed by atoms with Crippen LogP contribution in [0, 0.1) is 0 Å². The summed E-state index contributed by atoms with van der Waals surface area (Å²) in [4.78, 5) is 12.9. The number of aldehydes is 1. The third-order valence-electron chi connectivity index (χ3n) is 2.76.